The number of phenols is 1. The van der Waals surface area contributed by atoms with Crippen LogP contribution >= 0.6 is 24.0 Å². The van der Waals surface area contributed by atoms with Gasteiger partial charge in [0.1, 0.15) is 0 Å². The molecule has 0 bridgehead atoms. The molecule has 5 nitrogen and oxygen atoms in total. The molecule has 0 radical (unpaired) electrons. The first-order chi connectivity index (χ1) is 10.7. The van der Waals surface area contributed by atoms with Gasteiger partial charge in [0, 0.05) is 19.6 Å². The zero-order valence-corrected chi connectivity index (χ0v) is 16.7. The number of aliphatic imine (C=N–C) groups is 1. The number of guanidine groups is 1. The van der Waals surface area contributed by atoms with Crippen LogP contribution in [0.4, 0.5) is 0 Å². The number of phenolic OH excluding ortho intramolecular Hbond substituents is 1. The third-order valence-corrected chi connectivity index (χ3v) is 3.37. The Morgan fingerprint density at radius 1 is 1.22 bits per heavy atom. The fourth-order valence-electron chi connectivity index (χ4n) is 2.14. The van der Waals surface area contributed by atoms with Gasteiger partial charge in [0.25, 0.3) is 0 Å². The average Bonchev–Trinajstić information content (AvgIpc) is 2.53. The fraction of sp³-hybridized carbons (Fsp3) is 0.588. The van der Waals surface area contributed by atoms with Crippen LogP contribution in [0.2, 0.25) is 0 Å². The second-order valence-electron chi connectivity index (χ2n) is 5.11. The number of hydrogen-bond acceptors (Lipinski definition) is 3. The molecule has 3 N–H and O–H groups in total. The number of nitrogens with one attached hydrogen (secondary N) is 2. The van der Waals surface area contributed by atoms with E-state index >= 15 is 0 Å². The number of aromatic hydroxyl groups is 1. The van der Waals surface area contributed by atoms with E-state index in [9.17, 15) is 5.11 Å². The molecule has 0 spiro atoms. The Balaban J connectivity index is 0.00000484. The molecule has 0 amide bonds. The maximum absolute atomic E-state index is 10.1. The van der Waals surface area contributed by atoms with Crippen molar-refractivity contribution >= 4 is 29.9 Å². The average molecular weight is 435 g/mol. The standard InChI is InChI=1S/C17H29N3O2.HI/c1-4-6-7-12-19-17(18-5-2)20-13-11-14-9-8-10-15(22-3)16(14)21;/h8-10,21H,4-7,11-13H2,1-3H3,(H2,18,19,20);1H. The normalized spacial score (nSPS) is 10.8. The van der Waals surface area contributed by atoms with Gasteiger partial charge >= 0.3 is 0 Å². The van der Waals surface area contributed by atoms with Crippen molar-refractivity contribution in [2.45, 2.75) is 39.5 Å². The van der Waals surface area contributed by atoms with Crippen molar-refractivity contribution < 1.29 is 9.84 Å². The van der Waals surface area contributed by atoms with Gasteiger partial charge in [0.15, 0.2) is 17.5 Å². The van der Waals surface area contributed by atoms with Crippen molar-refractivity contribution in [3.63, 3.8) is 0 Å². The van der Waals surface area contributed by atoms with E-state index in [1.165, 1.54) is 12.8 Å². The Bertz CT molecular complexity index is 467. The van der Waals surface area contributed by atoms with Gasteiger partial charge in [-0.2, -0.15) is 0 Å². The van der Waals surface area contributed by atoms with Crippen LogP contribution in [0.3, 0.4) is 0 Å². The molecule has 1 rings (SSSR count). The summed E-state index contributed by atoms with van der Waals surface area (Å²) in [7, 11) is 1.56. The third kappa shape index (κ3) is 8.29. The fourth-order valence-corrected chi connectivity index (χ4v) is 2.14. The van der Waals surface area contributed by atoms with E-state index in [1.807, 2.05) is 12.1 Å². The molecule has 6 heteroatoms. The predicted molar refractivity (Wildman–Crippen MR) is 107 cm³/mol. The topological polar surface area (TPSA) is 65.9 Å². The second-order valence-corrected chi connectivity index (χ2v) is 5.11. The number of unbranched alkanes of at least 4 members (excludes halogenated alkanes) is 2. The highest BCUT2D eigenvalue weighted by Crippen LogP contribution is 2.29. The van der Waals surface area contributed by atoms with Crippen LogP contribution in [0.15, 0.2) is 23.2 Å². The largest absolute Gasteiger partial charge is 0.504 e. The van der Waals surface area contributed by atoms with Crippen LogP contribution in [-0.4, -0.2) is 37.8 Å². The molecule has 0 fully saturated rings. The number of rotatable bonds is 9. The predicted octanol–water partition coefficient (Wildman–Crippen LogP) is 3.31. The van der Waals surface area contributed by atoms with Gasteiger partial charge in [-0.3, -0.25) is 4.99 Å². The zero-order valence-electron chi connectivity index (χ0n) is 14.4. The molecule has 0 saturated carbocycles. The minimum Gasteiger partial charge on any atom is -0.504 e. The summed E-state index contributed by atoms with van der Waals surface area (Å²) in [5.41, 5.74) is 0.869. The van der Waals surface area contributed by atoms with Crippen molar-refractivity contribution in [1.29, 1.82) is 0 Å². The van der Waals surface area contributed by atoms with Gasteiger partial charge in [-0.05, 0) is 31.4 Å². The van der Waals surface area contributed by atoms with Gasteiger partial charge in [0.05, 0.1) is 7.11 Å². The van der Waals surface area contributed by atoms with Crippen LogP contribution in [-0.2, 0) is 6.42 Å². The molecule has 0 unspecified atom stereocenters. The van der Waals surface area contributed by atoms with Crippen LogP contribution in [0.25, 0.3) is 0 Å². The molecule has 0 aliphatic carbocycles. The summed E-state index contributed by atoms with van der Waals surface area (Å²) in [6.07, 6.45) is 4.24. The summed E-state index contributed by atoms with van der Waals surface area (Å²) in [5, 5.41) is 16.6. The van der Waals surface area contributed by atoms with Crippen LogP contribution in [0.1, 0.15) is 38.7 Å². The molecule has 132 valence electrons. The number of para-hydroxylation sites is 1. The quantitative estimate of drug-likeness (QED) is 0.241. The number of nitrogens with zero attached hydrogens (tertiary/aromatic N) is 1. The van der Waals surface area contributed by atoms with Crippen LogP contribution < -0.4 is 15.4 Å². The van der Waals surface area contributed by atoms with E-state index in [-0.39, 0.29) is 29.7 Å². The SMILES string of the molecule is CCCCCN=C(NCC)NCCc1cccc(OC)c1O.I. The molecule has 0 aliphatic rings. The van der Waals surface area contributed by atoms with E-state index in [2.05, 4.69) is 29.5 Å². The molecule has 1 aromatic carbocycles. The first-order valence-electron chi connectivity index (χ1n) is 8.09. The Hall–Kier alpha value is -1.18. The third-order valence-electron chi connectivity index (χ3n) is 3.37. The molecule has 0 heterocycles. The van der Waals surface area contributed by atoms with Gasteiger partial charge in [-0.1, -0.05) is 31.9 Å². The summed E-state index contributed by atoms with van der Waals surface area (Å²) >= 11 is 0. The Labute approximate surface area is 156 Å². The summed E-state index contributed by atoms with van der Waals surface area (Å²) in [6, 6.07) is 5.55. The minimum absolute atomic E-state index is 0. The first kappa shape index (κ1) is 21.8. The van der Waals surface area contributed by atoms with E-state index in [4.69, 9.17) is 4.74 Å². The molecular weight excluding hydrogens is 405 g/mol. The molecule has 1 aromatic rings. The van der Waals surface area contributed by atoms with Gasteiger partial charge in [0.2, 0.25) is 0 Å². The molecular formula is C17H30IN3O2. The van der Waals surface area contributed by atoms with Crippen molar-refractivity contribution in [3.8, 4) is 11.5 Å². The van der Waals surface area contributed by atoms with Crippen molar-refractivity contribution in [2.75, 3.05) is 26.7 Å². The lowest BCUT2D eigenvalue weighted by atomic mass is 10.1. The molecule has 0 aromatic heterocycles. The highest BCUT2D eigenvalue weighted by atomic mass is 127. The Morgan fingerprint density at radius 2 is 2.00 bits per heavy atom. The van der Waals surface area contributed by atoms with Gasteiger partial charge < -0.3 is 20.5 Å². The van der Waals surface area contributed by atoms with E-state index in [0.717, 1.165) is 31.0 Å². The van der Waals surface area contributed by atoms with E-state index in [1.54, 1.807) is 13.2 Å². The lowest BCUT2D eigenvalue weighted by Crippen LogP contribution is -2.38. The number of ether oxygens (including phenoxy) is 1. The molecule has 23 heavy (non-hydrogen) atoms. The zero-order chi connectivity index (χ0) is 16.2. The maximum Gasteiger partial charge on any atom is 0.191 e. The van der Waals surface area contributed by atoms with Crippen molar-refractivity contribution in [1.82, 2.24) is 10.6 Å². The Morgan fingerprint density at radius 3 is 2.65 bits per heavy atom. The highest BCUT2D eigenvalue weighted by Gasteiger charge is 2.07. The lowest BCUT2D eigenvalue weighted by molar-refractivity contribution is 0.370. The van der Waals surface area contributed by atoms with Crippen LogP contribution in [0, 0.1) is 0 Å². The number of methoxy groups -OCH3 is 1. The number of benzene rings is 1. The first-order valence-corrected chi connectivity index (χ1v) is 8.09. The molecule has 0 aliphatic heterocycles. The van der Waals surface area contributed by atoms with Gasteiger partial charge in [-0.25, -0.2) is 0 Å². The maximum atomic E-state index is 10.1. The monoisotopic (exact) mass is 435 g/mol. The smallest absolute Gasteiger partial charge is 0.191 e. The second kappa shape index (κ2) is 13.3. The van der Waals surface area contributed by atoms with Gasteiger partial charge in [-0.15, -0.1) is 24.0 Å². The molecule has 0 saturated heterocycles. The lowest BCUT2D eigenvalue weighted by Gasteiger charge is -2.12. The summed E-state index contributed by atoms with van der Waals surface area (Å²) in [4.78, 5) is 4.55. The van der Waals surface area contributed by atoms with Crippen molar-refractivity contribution in [2.24, 2.45) is 4.99 Å². The van der Waals surface area contributed by atoms with Crippen molar-refractivity contribution in [3.05, 3.63) is 23.8 Å². The number of hydrogen-bond donors (Lipinski definition) is 3. The van der Waals surface area contributed by atoms with E-state index < -0.39 is 0 Å². The summed E-state index contributed by atoms with van der Waals surface area (Å²) in [6.45, 7) is 6.63. The highest BCUT2D eigenvalue weighted by molar-refractivity contribution is 14.0. The summed E-state index contributed by atoms with van der Waals surface area (Å²) < 4.78 is 5.12. The van der Waals surface area contributed by atoms with Crippen LogP contribution in [0.5, 0.6) is 11.5 Å². The summed E-state index contributed by atoms with van der Waals surface area (Å²) in [5.74, 6) is 1.57. The minimum atomic E-state index is 0. The number of halogens is 1. The molecule has 0 atom stereocenters. The Kier molecular flexibility index (Phi) is 12.6. The van der Waals surface area contributed by atoms with E-state index in [0.29, 0.717) is 18.7 Å².